The lowest BCUT2D eigenvalue weighted by Gasteiger charge is -2.06. The number of nitrogens with two attached hydrogens (primary N) is 1. The summed E-state index contributed by atoms with van der Waals surface area (Å²) in [6.07, 6.45) is 3.43. The predicted octanol–water partition coefficient (Wildman–Crippen LogP) is 0.371. The van der Waals surface area contributed by atoms with Gasteiger partial charge in [-0.15, -0.1) is 0 Å². The fourth-order valence-corrected chi connectivity index (χ4v) is 0.830. The molecule has 1 unspecified atom stereocenters. The standard InChI is InChI=1S/C6H11N3O/c1-5(10-7)6-8-3-4-9(6)2/h3-5H,7H2,1-2H3. The van der Waals surface area contributed by atoms with Crippen LogP contribution < -0.4 is 5.90 Å². The van der Waals surface area contributed by atoms with E-state index in [-0.39, 0.29) is 6.10 Å². The van der Waals surface area contributed by atoms with Crippen molar-refractivity contribution in [2.45, 2.75) is 13.0 Å². The third-order valence-electron chi connectivity index (χ3n) is 1.43. The van der Waals surface area contributed by atoms with E-state index in [1.807, 2.05) is 24.7 Å². The zero-order valence-electron chi connectivity index (χ0n) is 6.11. The highest BCUT2D eigenvalue weighted by Crippen LogP contribution is 2.09. The fourth-order valence-electron chi connectivity index (χ4n) is 0.830. The smallest absolute Gasteiger partial charge is 0.139 e. The number of aryl methyl sites for hydroxylation is 1. The molecule has 4 heteroatoms. The number of rotatable bonds is 2. The van der Waals surface area contributed by atoms with Crippen molar-refractivity contribution >= 4 is 0 Å². The molecule has 56 valence electrons. The van der Waals surface area contributed by atoms with Gasteiger partial charge in [-0.3, -0.25) is 4.84 Å². The third kappa shape index (κ3) is 1.17. The van der Waals surface area contributed by atoms with Crippen LogP contribution in [-0.4, -0.2) is 9.55 Å². The van der Waals surface area contributed by atoms with Gasteiger partial charge in [-0.1, -0.05) is 0 Å². The van der Waals surface area contributed by atoms with Crippen molar-refractivity contribution in [2.24, 2.45) is 12.9 Å². The molecule has 10 heavy (non-hydrogen) atoms. The van der Waals surface area contributed by atoms with Gasteiger partial charge in [0.1, 0.15) is 11.9 Å². The van der Waals surface area contributed by atoms with Crippen LogP contribution in [0.15, 0.2) is 12.4 Å². The number of aromatic nitrogens is 2. The first-order valence-electron chi connectivity index (χ1n) is 3.08. The highest BCUT2D eigenvalue weighted by Gasteiger charge is 2.07. The normalized spacial score (nSPS) is 13.5. The van der Waals surface area contributed by atoms with E-state index in [1.165, 1.54) is 0 Å². The first-order valence-corrected chi connectivity index (χ1v) is 3.08. The molecule has 4 nitrogen and oxygen atoms in total. The summed E-state index contributed by atoms with van der Waals surface area (Å²) in [4.78, 5) is 8.64. The molecule has 1 aromatic rings. The Morgan fingerprint density at radius 3 is 2.90 bits per heavy atom. The topological polar surface area (TPSA) is 53.1 Å². The quantitative estimate of drug-likeness (QED) is 0.605. The van der Waals surface area contributed by atoms with Gasteiger partial charge in [-0.2, -0.15) is 0 Å². The van der Waals surface area contributed by atoms with Gasteiger partial charge in [-0.25, -0.2) is 10.9 Å². The molecule has 0 aliphatic heterocycles. The molecule has 0 aromatic carbocycles. The Bertz CT molecular complexity index is 209. The molecule has 0 bridgehead atoms. The van der Waals surface area contributed by atoms with E-state index in [2.05, 4.69) is 9.82 Å². The van der Waals surface area contributed by atoms with Gasteiger partial charge in [-0.05, 0) is 6.92 Å². The molecule has 1 atom stereocenters. The van der Waals surface area contributed by atoms with E-state index in [0.717, 1.165) is 5.82 Å². The Morgan fingerprint density at radius 1 is 1.80 bits per heavy atom. The molecule has 0 radical (unpaired) electrons. The van der Waals surface area contributed by atoms with Crippen LogP contribution in [-0.2, 0) is 11.9 Å². The van der Waals surface area contributed by atoms with Crippen LogP contribution in [0.1, 0.15) is 18.9 Å². The van der Waals surface area contributed by atoms with E-state index in [1.54, 1.807) is 6.20 Å². The summed E-state index contributed by atoms with van der Waals surface area (Å²) in [5.74, 6) is 5.81. The van der Waals surface area contributed by atoms with Crippen molar-refractivity contribution in [1.82, 2.24) is 9.55 Å². The van der Waals surface area contributed by atoms with Crippen LogP contribution in [0.25, 0.3) is 0 Å². The molecule has 0 saturated heterocycles. The van der Waals surface area contributed by atoms with E-state index in [4.69, 9.17) is 5.90 Å². The maximum Gasteiger partial charge on any atom is 0.139 e. The van der Waals surface area contributed by atoms with Crippen LogP contribution >= 0.6 is 0 Å². The van der Waals surface area contributed by atoms with Gasteiger partial charge in [0.25, 0.3) is 0 Å². The minimum Gasteiger partial charge on any atom is -0.336 e. The maximum absolute atomic E-state index is 4.98. The average molecular weight is 141 g/mol. The highest BCUT2D eigenvalue weighted by molar-refractivity contribution is 4.93. The molecule has 0 saturated carbocycles. The summed E-state index contributed by atoms with van der Waals surface area (Å²) in [5.41, 5.74) is 0. The molecule has 0 amide bonds. The molecule has 2 N–H and O–H groups in total. The minimum absolute atomic E-state index is 0.139. The van der Waals surface area contributed by atoms with Gasteiger partial charge >= 0.3 is 0 Å². The SMILES string of the molecule is CC(ON)c1nccn1C. The van der Waals surface area contributed by atoms with Gasteiger partial charge in [0.05, 0.1) is 0 Å². The summed E-state index contributed by atoms with van der Waals surface area (Å²) in [6, 6.07) is 0. The highest BCUT2D eigenvalue weighted by atomic mass is 16.6. The molecule has 1 aromatic heterocycles. The lowest BCUT2D eigenvalue weighted by Crippen LogP contribution is -2.10. The summed E-state index contributed by atoms with van der Waals surface area (Å²) in [7, 11) is 1.90. The van der Waals surface area contributed by atoms with E-state index in [0.29, 0.717) is 0 Å². The largest absolute Gasteiger partial charge is 0.336 e. The third-order valence-corrected chi connectivity index (χ3v) is 1.43. The van der Waals surface area contributed by atoms with Crippen LogP contribution in [0.4, 0.5) is 0 Å². The molecule has 1 heterocycles. The second-order valence-electron chi connectivity index (χ2n) is 2.17. The first kappa shape index (κ1) is 7.24. The van der Waals surface area contributed by atoms with Crippen molar-refractivity contribution in [2.75, 3.05) is 0 Å². The molecule has 0 spiro atoms. The van der Waals surface area contributed by atoms with Crippen LogP contribution in [0.5, 0.6) is 0 Å². The summed E-state index contributed by atoms with van der Waals surface area (Å²) >= 11 is 0. The number of hydrogen-bond acceptors (Lipinski definition) is 3. The minimum atomic E-state index is -0.139. The fraction of sp³-hybridized carbons (Fsp3) is 0.500. The second kappa shape index (κ2) is 2.81. The Labute approximate surface area is 59.6 Å². The van der Waals surface area contributed by atoms with Crippen LogP contribution in [0.3, 0.4) is 0 Å². The molecular formula is C6H11N3O. The van der Waals surface area contributed by atoms with E-state index < -0.39 is 0 Å². The Hall–Kier alpha value is -0.870. The summed E-state index contributed by atoms with van der Waals surface area (Å²) in [6.45, 7) is 1.85. The Balaban J connectivity index is 2.82. The number of imidazole rings is 1. The zero-order valence-corrected chi connectivity index (χ0v) is 6.11. The molecule has 0 aliphatic rings. The van der Waals surface area contributed by atoms with Crippen molar-refractivity contribution in [1.29, 1.82) is 0 Å². The molecule has 1 rings (SSSR count). The van der Waals surface area contributed by atoms with Gasteiger partial charge < -0.3 is 4.57 Å². The van der Waals surface area contributed by atoms with E-state index >= 15 is 0 Å². The Kier molecular flexibility index (Phi) is 2.03. The number of hydrogen-bond donors (Lipinski definition) is 1. The van der Waals surface area contributed by atoms with Crippen LogP contribution in [0, 0.1) is 0 Å². The summed E-state index contributed by atoms with van der Waals surface area (Å²) < 4.78 is 1.87. The average Bonchev–Trinajstić information content (AvgIpc) is 2.34. The zero-order chi connectivity index (χ0) is 7.56. The molecule has 0 aliphatic carbocycles. The monoisotopic (exact) mass is 141 g/mol. The van der Waals surface area contributed by atoms with Gasteiger partial charge in [0.2, 0.25) is 0 Å². The number of nitrogens with zero attached hydrogens (tertiary/aromatic N) is 2. The lowest BCUT2D eigenvalue weighted by molar-refractivity contribution is 0.0583. The van der Waals surface area contributed by atoms with Crippen molar-refractivity contribution in [3.8, 4) is 0 Å². The second-order valence-corrected chi connectivity index (χ2v) is 2.17. The van der Waals surface area contributed by atoms with Crippen LogP contribution in [0.2, 0.25) is 0 Å². The lowest BCUT2D eigenvalue weighted by atomic mass is 10.4. The molecular weight excluding hydrogens is 130 g/mol. The van der Waals surface area contributed by atoms with Crippen molar-refractivity contribution < 1.29 is 4.84 Å². The summed E-state index contributed by atoms with van der Waals surface area (Å²) in [5, 5.41) is 0. The van der Waals surface area contributed by atoms with E-state index in [9.17, 15) is 0 Å². The van der Waals surface area contributed by atoms with Gasteiger partial charge in [0, 0.05) is 19.4 Å². The molecule has 0 fully saturated rings. The van der Waals surface area contributed by atoms with Crippen molar-refractivity contribution in [3.63, 3.8) is 0 Å². The Morgan fingerprint density at radius 2 is 2.50 bits per heavy atom. The van der Waals surface area contributed by atoms with Crippen molar-refractivity contribution in [3.05, 3.63) is 18.2 Å². The maximum atomic E-state index is 4.98. The predicted molar refractivity (Wildman–Crippen MR) is 36.9 cm³/mol. The van der Waals surface area contributed by atoms with Gasteiger partial charge in [0.15, 0.2) is 0 Å². The first-order chi connectivity index (χ1) is 4.75.